The summed E-state index contributed by atoms with van der Waals surface area (Å²) in [5.74, 6) is 0. The normalized spacial score (nSPS) is 3.20. The fourth-order valence-corrected chi connectivity index (χ4v) is 0. The summed E-state index contributed by atoms with van der Waals surface area (Å²) < 4.78 is 8.28. The van der Waals surface area contributed by atoms with Crippen LogP contribution in [-0.2, 0) is 3.80 Å². The average Bonchev–Trinajstić information content (AvgIpc) is 1.46. The minimum absolute atomic E-state index is 0.611. The van der Waals surface area contributed by atoms with Crippen molar-refractivity contribution in [3.05, 3.63) is 12.7 Å². The van der Waals surface area contributed by atoms with Gasteiger partial charge < -0.3 is 0 Å². The molecule has 0 heterocycles. The quantitative estimate of drug-likeness (QED) is 0.308. The average molecular weight is 86.1 g/mol. The van der Waals surface area contributed by atoms with E-state index >= 15 is 0 Å². The van der Waals surface area contributed by atoms with Crippen LogP contribution in [0.15, 0.2) is 12.7 Å². The second-order valence-electron chi connectivity index (χ2n) is 0.408. The van der Waals surface area contributed by atoms with Gasteiger partial charge in [0.05, 0.1) is 0 Å². The van der Waals surface area contributed by atoms with Crippen molar-refractivity contribution >= 4 is 16.2 Å². The Bertz CT molecular complexity index is 20.9. The first-order valence-corrected chi connectivity index (χ1v) is 1.85. The van der Waals surface area contributed by atoms with Crippen molar-refractivity contribution in [1.82, 2.24) is 0 Å². The molecule has 0 bridgehead atoms. The molecule has 0 aliphatic carbocycles. The Morgan fingerprint density at radius 1 is 1.80 bits per heavy atom. The molecule has 0 aliphatic heterocycles. The van der Waals surface area contributed by atoms with Gasteiger partial charge in [0, 0.05) is 0 Å². The van der Waals surface area contributed by atoms with Crippen molar-refractivity contribution in [3.8, 4) is 0 Å². The number of hydrogen-bond donors (Lipinski definition) is 0. The molecule has 0 saturated carbocycles. The van der Waals surface area contributed by atoms with Gasteiger partial charge in [-0.25, -0.2) is 0 Å². The topological polar surface area (TPSA) is 17.1 Å². The van der Waals surface area contributed by atoms with Gasteiger partial charge in [-0.1, -0.05) is 6.08 Å². The first-order chi connectivity index (χ1) is 2.41. The Morgan fingerprint density at radius 3 is 1.80 bits per heavy atom. The van der Waals surface area contributed by atoms with Gasteiger partial charge >= 0.3 is 20.0 Å². The van der Waals surface area contributed by atoms with E-state index in [1.54, 1.807) is 6.08 Å². The van der Waals surface area contributed by atoms with Crippen LogP contribution < -0.4 is 0 Å². The number of allylic oxidation sites excluding steroid dienone is 1. The van der Waals surface area contributed by atoms with E-state index < -0.39 is 0 Å². The van der Waals surface area contributed by atoms with Crippen molar-refractivity contribution in [2.24, 2.45) is 0 Å². The molecule has 1 nitrogen and oxygen atoms in total. The molecule has 0 N–H and O–H groups in total. The second-order valence-corrected chi connectivity index (χ2v) is 0.408. The molecular weight excluding hydrogens is 79.0 g/mol. The second kappa shape index (κ2) is 33.4. The molecule has 0 unspecified atom stereocenters. The van der Waals surface area contributed by atoms with Gasteiger partial charge in [0.15, 0.2) is 0 Å². The summed E-state index contributed by atoms with van der Waals surface area (Å²) in [6.07, 6.45) is 1.75. The first-order valence-electron chi connectivity index (χ1n) is 1.27. The number of hydrogen-bond acceptors (Lipinski definition) is 1. The minimum atomic E-state index is 0.611. The molecule has 2 heteroatoms. The summed E-state index contributed by atoms with van der Waals surface area (Å²) >= 11 is 0.611. The fraction of sp³-hybridized carbons (Fsp3) is 0.333. The van der Waals surface area contributed by atoms with Crippen LogP contribution in [0.1, 0.15) is 6.92 Å². The molecule has 0 radical (unpaired) electrons. The molecular formula is C3H7AlO. The number of rotatable bonds is 0. The molecule has 0 spiro atoms. The van der Waals surface area contributed by atoms with Crippen molar-refractivity contribution in [1.29, 1.82) is 0 Å². The molecule has 0 rings (SSSR count). The van der Waals surface area contributed by atoms with E-state index in [0.717, 1.165) is 0 Å². The zero-order valence-electron chi connectivity index (χ0n) is 3.40. The fourth-order valence-electron chi connectivity index (χ4n) is 0. The monoisotopic (exact) mass is 86.0 g/mol. The zero-order valence-corrected chi connectivity index (χ0v) is 4.81. The van der Waals surface area contributed by atoms with E-state index in [-0.39, 0.29) is 0 Å². The molecule has 5 heavy (non-hydrogen) atoms. The summed E-state index contributed by atoms with van der Waals surface area (Å²) in [6, 6.07) is 0. The molecule has 0 aliphatic rings. The summed E-state index contributed by atoms with van der Waals surface area (Å²) in [6.45, 7) is 5.25. The van der Waals surface area contributed by atoms with E-state index in [0.29, 0.717) is 16.2 Å². The Labute approximate surface area is 40.3 Å². The molecule has 0 aromatic rings. The Hall–Kier alpha value is 0.0725. The Morgan fingerprint density at radius 2 is 1.80 bits per heavy atom. The van der Waals surface area contributed by atoms with E-state index in [4.69, 9.17) is 3.80 Å². The summed E-state index contributed by atoms with van der Waals surface area (Å²) in [4.78, 5) is 0. The maximum atomic E-state index is 8.28. The van der Waals surface area contributed by atoms with Gasteiger partial charge in [0.2, 0.25) is 0 Å². The van der Waals surface area contributed by atoms with Gasteiger partial charge in [-0.15, -0.1) is 6.58 Å². The Balaban J connectivity index is 0. The maximum absolute atomic E-state index is 8.28. The van der Waals surface area contributed by atoms with E-state index in [1.807, 2.05) is 6.92 Å². The first kappa shape index (κ1) is 8.91. The molecule has 0 fully saturated rings. The standard InChI is InChI=1S/C3H6.Al.O.H/c1-3-2;;;/h3H,1H2,2H3;;;. The summed E-state index contributed by atoms with van der Waals surface area (Å²) in [5.41, 5.74) is 0. The predicted molar refractivity (Wildman–Crippen MR) is 23.7 cm³/mol. The van der Waals surface area contributed by atoms with E-state index in [1.165, 1.54) is 0 Å². The van der Waals surface area contributed by atoms with Crippen LogP contribution in [0.4, 0.5) is 0 Å². The van der Waals surface area contributed by atoms with Crippen LogP contribution in [0.25, 0.3) is 0 Å². The van der Waals surface area contributed by atoms with Gasteiger partial charge in [-0.2, -0.15) is 0 Å². The van der Waals surface area contributed by atoms with Crippen LogP contribution >= 0.6 is 0 Å². The predicted octanol–water partition coefficient (Wildman–Crippen LogP) is 0.425. The molecule has 0 atom stereocenters. The van der Waals surface area contributed by atoms with Crippen LogP contribution in [0, 0.1) is 0 Å². The van der Waals surface area contributed by atoms with Crippen molar-refractivity contribution in [2.75, 3.05) is 0 Å². The van der Waals surface area contributed by atoms with Crippen molar-refractivity contribution in [2.45, 2.75) is 6.92 Å². The third kappa shape index (κ3) is 3330. The Kier molecular flexibility index (Phi) is 59.6. The van der Waals surface area contributed by atoms with Gasteiger partial charge in [0.1, 0.15) is 0 Å². The third-order valence-corrected chi connectivity index (χ3v) is 0. The molecule has 0 aromatic carbocycles. The van der Waals surface area contributed by atoms with Crippen molar-refractivity contribution in [3.63, 3.8) is 0 Å². The van der Waals surface area contributed by atoms with Gasteiger partial charge in [-0.3, -0.25) is 0 Å². The molecule has 28 valence electrons. The van der Waals surface area contributed by atoms with Gasteiger partial charge in [-0.05, 0) is 6.92 Å². The van der Waals surface area contributed by atoms with Crippen LogP contribution in [0.2, 0.25) is 0 Å². The van der Waals surface area contributed by atoms with Crippen LogP contribution in [0.5, 0.6) is 0 Å². The SMILES string of the molecule is C=CC.[O]=[AlH]. The summed E-state index contributed by atoms with van der Waals surface area (Å²) in [5, 5.41) is 0. The zero-order chi connectivity index (χ0) is 4.71. The molecule has 0 aromatic heterocycles. The van der Waals surface area contributed by atoms with Crippen LogP contribution in [-0.4, -0.2) is 16.2 Å². The van der Waals surface area contributed by atoms with E-state index in [2.05, 4.69) is 6.58 Å². The van der Waals surface area contributed by atoms with Crippen LogP contribution in [0.3, 0.4) is 0 Å². The molecule has 0 amide bonds. The summed E-state index contributed by atoms with van der Waals surface area (Å²) in [7, 11) is 0. The third-order valence-electron chi connectivity index (χ3n) is 0. The van der Waals surface area contributed by atoms with E-state index in [9.17, 15) is 0 Å². The molecule has 0 saturated heterocycles. The van der Waals surface area contributed by atoms with Gasteiger partial charge in [0.25, 0.3) is 0 Å². The van der Waals surface area contributed by atoms with Crippen molar-refractivity contribution < 1.29 is 3.80 Å².